The maximum atomic E-state index is 12.2. The second kappa shape index (κ2) is 9.07. The second-order valence-corrected chi connectivity index (χ2v) is 6.99. The minimum Gasteiger partial charge on any atom is -0.482 e. The molecule has 1 saturated heterocycles. The van der Waals surface area contributed by atoms with Crippen LogP contribution in [0.1, 0.15) is 12.5 Å². The molecule has 9 heteroatoms. The average molecular weight is 411 g/mol. The highest BCUT2D eigenvalue weighted by atomic mass is 32.2. The molecule has 1 fully saturated rings. The summed E-state index contributed by atoms with van der Waals surface area (Å²) in [5, 5.41) is 14.5. The highest BCUT2D eigenvalue weighted by Crippen LogP contribution is 2.28. The molecular weight excluding hydrogens is 394 g/mol. The van der Waals surface area contributed by atoms with Gasteiger partial charge in [-0.05, 0) is 59.8 Å². The predicted molar refractivity (Wildman–Crippen MR) is 111 cm³/mol. The van der Waals surface area contributed by atoms with E-state index < -0.39 is 12.6 Å². The van der Waals surface area contributed by atoms with Crippen molar-refractivity contribution in [2.75, 3.05) is 11.9 Å². The summed E-state index contributed by atoms with van der Waals surface area (Å²) in [6.45, 7) is 1.02. The van der Waals surface area contributed by atoms with E-state index in [1.54, 1.807) is 54.6 Å². The monoisotopic (exact) mass is 411 g/mol. The molecule has 3 N–H and O–H groups in total. The molecule has 8 nitrogen and oxygen atoms in total. The molecule has 2 amide bonds. The molecule has 1 aliphatic heterocycles. The van der Waals surface area contributed by atoms with Crippen LogP contribution in [0.15, 0.2) is 58.4 Å². The van der Waals surface area contributed by atoms with Crippen molar-refractivity contribution in [2.45, 2.75) is 6.92 Å². The summed E-state index contributed by atoms with van der Waals surface area (Å²) >= 11 is 1.21. The first kappa shape index (κ1) is 20.2. The van der Waals surface area contributed by atoms with E-state index in [4.69, 9.17) is 9.84 Å². The lowest BCUT2D eigenvalue weighted by Gasteiger charge is -2.03. The van der Waals surface area contributed by atoms with Gasteiger partial charge in [-0.25, -0.2) is 9.79 Å². The molecule has 0 spiro atoms. The minimum atomic E-state index is -1.05. The number of benzene rings is 2. The standard InChI is InChI=1S/C20H17N3O5S/c1-12(24)21-14-4-6-15(7-5-14)22-20-23-19(27)17(29-20)10-13-2-8-16(9-3-13)28-11-18(25)26/h2-10H,11H2,1H3,(H,21,24)(H,25,26)(H,22,23,27)/b17-10+. The van der Waals surface area contributed by atoms with Crippen molar-refractivity contribution in [3.63, 3.8) is 0 Å². The first-order valence-electron chi connectivity index (χ1n) is 8.51. The number of rotatable bonds is 6. The van der Waals surface area contributed by atoms with Crippen molar-refractivity contribution in [1.29, 1.82) is 0 Å². The van der Waals surface area contributed by atoms with Crippen molar-refractivity contribution >= 4 is 52.2 Å². The zero-order chi connectivity index (χ0) is 20.8. The quantitative estimate of drug-likeness (QED) is 0.629. The van der Waals surface area contributed by atoms with E-state index in [1.807, 2.05) is 0 Å². The Kier molecular flexibility index (Phi) is 6.30. The molecule has 0 aliphatic carbocycles. The Labute approximate surface area is 170 Å². The molecule has 3 rings (SSSR count). The molecule has 2 aromatic carbocycles. The Morgan fingerprint density at radius 2 is 1.86 bits per heavy atom. The summed E-state index contributed by atoms with van der Waals surface area (Å²) in [5.41, 5.74) is 2.08. The smallest absolute Gasteiger partial charge is 0.341 e. The summed E-state index contributed by atoms with van der Waals surface area (Å²) in [4.78, 5) is 38.6. The number of aliphatic imine (C=N–C) groups is 1. The number of hydrogen-bond donors (Lipinski definition) is 3. The van der Waals surface area contributed by atoms with Crippen molar-refractivity contribution in [3.8, 4) is 5.75 Å². The van der Waals surface area contributed by atoms with Crippen LogP contribution in [-0.4, -0.2) is 34.7 Å². The molecule has 0 saturated carbocycles. The normalized spacial score (nSPS) is 16.0. The van der Waals surface area contributed by atoms with Gasteiger partial charge in [0, 0.05) is 12.6 Å². The van der Waals surface area contributed by atoms with Crippen LogP contribution in [0, 0.1) is 0 Å². The molecule has 2 aromatic rings. The molecule has 0 atom stereocenters. The number of carbonyl (C=O) groups is 3. The van der Waals surface area contributed by atoms with Crippen LogP contribution >= 0.6 is 11.8 Å². The van der Waals surface area contributed by atoms with Crippen LogP contribution in [0.5, 0.6) is 5.75 Å². The van der Waals surface area contributed by atoms with Crippen molar-refractivity contribution in [1.82, 2.24) is 5.32 Å². The number of anilines is 1. The zero-order valence-corrected chi connectivity index (χ0v) is 16.2. The van der Waals surface area contributed by atoms with Crippen LogP contribution in [0.25, 0.3) is 6.08 Å². The van der Waals surface area contributed by atoms with E-state index in [9.17, 15) is 14.4 Å². The number of carboxylic acid groups (broad SMARTS) is 1. The molecule has 0 bridgehead atoms. The van der Waals surface area contributed by atoms with Gasteiger partial charge < -0.3 is 20.5 Å². The molecule has 1 aliphatic rings. The van der Waals surface area contributed by atoms with Gasteiger partial charge in [0.05, 0.1) is 10.6 Å². The lowest BCUT2D eigenvalue weighted by atomic mass is 10.2. The number of thioether (sulfide) groups is 1. The summed E-state index contributed by atoms with van der Waals surface area (Å²) in [5.74, 6) is -1.02. The van der Waals surface area contributed by atoms with Gasteiger partial charge in [-0.3, -0.25) is 9.59 Å². The SMILES string of the molecule is CC(=O)Nc1ccc(N=C2NC(=O)/C(=C\c3ccc(OCC(=O)O)cc3)S2)cc1. The van der Waals surface area contributed by atoms with Gasteiger partial charge in [0.1, 0.15) is 5.75 Å². The van der Waals surface area contributed by atoms with Crippen molar-refractivity contribution in [2.24, 2.45) is 4.99 Å². The van der Waals surface area contributed by atoms with Crippen LogP contribution in [0.3, 0.4) is 0 Å². The number of ether oxygens (including phenoxy) is 1. The van der Waals surface area contributed by atoms with Gasteiger partial charge in [-0.2, -0.15) is 0 Å². The Morgan fingerprint density at radius 3 is 2.48 bits per heavy atom. The average Bonchev–Trinajstić information content (AvgIpc) is 3.01. The van der Waals surface area contributed by atoms with Gasteiger partial charge in [0.15, 0.2) is 11.8 Å². The van der Waals surface area contributed by atoms with Gasteiger partial charge in [0.25, 0.3) is 5.91 Å². The number of nitrogens with zero attached hydrogens (tertiary/aromatic N) is 1. The summed E-state index contributed by atoms with van der Waals surface area (Å²) in [7, 11) is 0. The first-order valence-corrected chi connectivity index (χ1v) is 9.32. The second-order valence-electron chi connectivity index (χ2n) is 5.96. The minimum absolute atomic E-state index is 0.154. The highest BCUT2D eigenvalue weighted by Gasteiger charge is 2.23. The Morgan fingerprint density at radius 1 is 1.17 bits per heavy atom. The molecule has 29 heavy (non-hydrogen) atoms. The summed E-state index contributed by atoms with van der Waals surface area (Å²) < 4.78 is 5.08. The third-order valence-corrected chi connectivity index (χ3v) is 4.52. The zero-order valence-electron chi connectivity index (χ0n) is 15.3. The van der Waals surface area contributed by atoms with Crippen LogP contribution in [-0.2, 0) is 14.4 Å². The van der Waals surface area contributed by atoms with E-state index in [0.29, 0.717) is 27.2 Å². The Bertz CT molecular complexity index is 998. The fraction of sp³-hybridized carbons (Fsp3) is 0.100. The molecule has 0 radical (unpaired) electrons. The van der Waals surface area contributed by atoms with E-state index in [0.717, 1.165) is 5.56 Å². The third kappa shape index (κ3) is 5.94. The van der Waals surface area contributed by atoms with Gasteiger partial charge in [-0.15, -0.1) is 0 Å². The number of hydrogen-bond acceptors (Lipinski definition) is 6. The van der Waals surface area contributed by atoms with E-state index in [1.165, 1.54) is 18.7 Å². The van der Waals surface area contributed by atoms with Crippen LogP contribution in [0.4, 0.5) is 11.4 Å². The molecule has 0 aromatic heterocycles. The molecule has 148 valence electrons. The fourth-order valence-electron chi connectivity index (χ4n) is 2.38. The predicted octanol–water partition coefficient (Wildman–Crippen LogP) is 3.00. The number of amides is 2. The molecule has 0 unspecified atom stereocenters. The highest BCUT2D eigenvalue weighted by molar-refractivity contribution is 8.18. The number of nitrogens with one attached hydrogen (secondary N) is 2. The maximum absolute atomic E-state index is 12.2. The van der Waals surface area contributed by atoms with Gasteiger partial charge in [0.2, 0.25) is 5.91 Å². The van der Waals surface area contributed by atoms with E-state index in [2.05, 4.69) is 15.6 Å². The Balaban J connectivity index is 1.67. The number of aliphatic carboxylic acids is 1. The topological polar surface area (TPSA) is 117 Å². The van der Waals surface area contributed by atoms with Gasteiger partial charge >= 0.3 is 5.97 Å². The molecule has 1 heterocycles. The summed E-state index contributed by atoms with van der Waals surface area (Å²) in [6, 6.07) is 13.7. The Hall–Kier alpha value is -3.59. The third-order valence-electron chi connectivity index (χ3n) is 3.61. The number of carbonyl (C=O) groups excluding carboxylic acids is 2. The summed E-state index contributed by atoms with van der Waals surface area (Å²) in [6.07, 6.45) is 1.71. The first-order chi connectivity index (χ1) is 13.9. The van der Waals surface area contributed by atoms with Crippen molar-refractivity contribution < 1.29 is 24.2 Å². The van der Waals surface area contributed by atoms with Crippen molar-refractivity contribution in [3.05, 3.63) is 59.0 Å². The number of carboxylic acids is 1. The fourth-order valence-corrected chi connectivity index (χ4v) is 3.22. The molecular formula is C20H17N3O5S. The lowest BCUT2D eigenvalue weighted by molar-refractivity contribution is -0.139. The maximum Gasteiger partial charge on any atom is 0.341 e. The largest absolute Gasteiger partial charge is 0.482 e. The number of amidine groups is 1. The van der Waals surface area contributed by atoms with E-state index in [-0.39, 0.29) is 11.8 Å². The van der Waals surface area contributed by atoms with E-state index >= 15 is 0 Å². The van der Waals surface area contributed by atoms with Crippen LogP contribution < -0.4 is 15.4 Å². The van der Waals surface area contributed by atoms with Crippen LogP contribution in [0.2, 0.25) is 0 Å². The van der Waals surface area contributed by atoms with Gasteiger partial charge in [-0.1, -0.05) is 12.1 Å². The lowest BCUT2D eigenvalue weighted by Crippen LogP contribution is -2.19.